The summed E-state index contributed by atoms with van der Waals surface area (Å²) >= 11 is -0.594. The molecule has 15 atom stereocenters. The van der Waals surface area contributed by atoms with E-state index in [2.05, 4.69) is 0 Å². The first-order chi connectivity index (χ1) is 49.8. The molecule has 8 aromatic rings. The van der Waals surface area contributed by atoms with E-state index in [0.29, 0.717) is 0 Å². The predicted octanol–water partition coefficient (Wildman–Crippen LogP) is 11.5. The van der Waals surface area contributed by atoms with Crippen molar-refractivity contribution in [3.63, 3.8) is 0 Å². The molecule has 19 nitrogen and oxygen atoms in total. The molecule has 8 aromatic carbocycles. The second-order valence-corrected chi connectivity index (χ2v) is 31.2. The maximum absolute atomic E-state index is 13.6. The van der Waals surface area contributed by atoms with E-state index in [1.165, 1.54) is 20.8 Å². The number of carbonyl (C=O) groups excluding carboxylic acids is 3. The molecule has 0 unspecified atom stereocenters. The third-order valence-corrected chi connectivity index (χ3v) is 21.2. The first kappa shape index (κ1) is 75.5. The molecule has 0 radical (unpaired) electrons. The molecule has 538 valence electrons. The Labute approximate surface area is 604 Å². The van der Waals surface area contributed by atoms with Crippen molar-refractivity contribution in [3.8, 4) is 0 Å². The molecule has 0 saturated carbocycles. The van der Waals surface area contributed by atoms with Crippen molar-refractivity contribution in [1.82, 2.24) is 0 Å². The minimum absolute atomic E-state index is 0.0189. The van der Waals surface area contributed by atoms with Crippen molar-refractivity contribution in [3.05, 3.63) is 282 Å². The summed E-state index contributed by atoms with van der Waals surface area (Å²) < 4.78 is 113. The van der Waals surface area contributed by atoms with Crippen LogP contribution < -0.4 is 4.46 Å². The fourth-order valence-corrected chi connectivity index (χ4v) is 16.9. The molecule has 0 spiro atoms. The van der Waals surface area contributed by atoms with Gasteiger partial charge < -0.3 is 4.74 Å². The van der Waals surface area contributed by atoms with E-state index in [1.54, 1.807) is 0 Å². The van der Waals surface area contributed by atoms with Crippen LogP contribution in [-0.2, 0) is 136 Å². The number of rotatable bonds is 35. The van der Waals surface area contributed by atoms with E-state index < -0.39 is 132 Å². The van der Waals surface area contributed by atoms with E-state index >= 15 is 0 Å². The molecule has 11 rings (SSSR count). The van der Waals surface area contributed by atoms with E-state index in [1.807, 2.05) is 256 Å². The molecule has 0 N–H and O–H groups in total. The average molecular weight is 1470 g/mol. The molecule has 3 fully saturated rings. The van der Waals surface area contributed by atoms with Gasteiger partial charge in [0, 0.05) is 0 Å². The zero-order chi connectivity index (χ0) is 70.9. The van der Waals surface area contributed by atoms with E-state index in [0.717, 1.165) is 43.4 Å². The van der Waals surface area contributed by atoms with Crippen molar-refractivity contribution >= 4 is 45.9 Å². The summed E-state index contributed by atoms with van der Waals surface area (Å²) in [5.74, 6) is -1.98. The number of esters is 3. The number of benzene rings is 8. The molecule has 3 heterocycles. The van der Waals surface area contributed by atoms with Gasteiger partial charge in [-0.2, -0.15) is 0 Å². The summed E-state index contributed by atoms with van der Waals surface area (Å²) in [6.07, 6.45) is -15.7. The molecule has 0 amide bonds. The van der Waals surface area contributed by atoms with E-state index in [9.17, 15) is 14.4 Å². The van der Waals surface area contributed by atoms with Gasteiger partial charge in [-0.05, 0) is 27.8 Å². The summed E-state index contributed by atoms with van der Waals surface area (Å²) in [6, 6.07) is 78.6. The van der Waals surface area contributed by atoms with Gasteiger partial charge in [-0.15, -0.1) is 0 Å². The summed E-state index contributed by atoms with van der Waals surface area (Å²) in [6.45, 7) is 8.26. The first-order valence-corrected chi connectivity index (χ1v) is 39.1. The predicted molar refractivity (Wildman–Crippen MR) is 381 cm³/mol. The van der Waals surface area contributed by atoms with Gasteiger partial charge in [0.05, 0.1) is 19.8 Å². The summed E-state index contributed by atoms with van der Waals surface area (Å²) in [4.78, 5) is 39.3. The third-order valence-electron chi connectivity index (χ3n) is 17.1. The van der Waals surface area contributed by atoms with Gasteiger partial charge >= 0.3 is 380 Å². The first-order valence-electron chi connectivity index (χ1n) is 34.5. The molecule has 0 aliphatic carbocycles. The van der Waals surface area contributed by atoms with Crippen molar-refractivity contribution in [2.75, 3.05) is 19.8 Å². The van der Waals surface area contributed by atoms with Crippen LogP contribution in [0, 0.1) is 0 Å². The summed E-state index contributed by atoms with van der Waals surface area (Å²) in [5, 5.41) is -0.873. The Morgan fingerprint density at radius 3 is 1.07 bits per heavy atom. The van der Waals surface area contributed by atoms with Gasteiger partial charge in [-0.3, -0.25) is 0 Å². The fourth-order valence-electron chi connectivity index (χ4n) is 12.4. The zero-order valence-corrected chi connectivity index (χ0v) is 60.7. The van der Waals surface area contributed by atoms with Gasteiger partial charge in [0.15, 0.2) is 0 Å². The maximum atomic E-state index is 13.6. The zero-order valence-electron chi connectivity index (χ0n) is 58.0. The molecule has 3 saturated heterocycles. The Kier molecular flexibility index (Phi) is 28.7. The number of hydrogen-bond donors (Lipinski definition) is 0. The normalized spacial score (nSPS) is 25.0. The molecule has 3 aliphatic rings. The Balaban J connectivity index is 1.05. The number of carbonyl (C=O) groups is 3. The molecule has 102 heavy (non-hydrogen) atoms. The van der Waals surface area contributed by atoms with Crippen LogP contribution in [0.5, 0.6) is 0 Å². The number of ether oxygens (including phenoxy) is 14. The molecular formula is C81H90O19SeSi. The molecular weight excluding hydrogens is 1380 g/mol. The van der Waals surface area contributed by atoms with Crippen LogP contribution in [-0.4, -0.2) is 152 Å². The average Bonchev–Trinajstić information content (AvgIpc) is 0.765. The van der Waals surface area contributed by atoms with Crippen LogP contribution in [0.2, 0.25) is 13.1 Å². The van der Waals surface area contributed by atoms with Crippen molar-refractivity contribution < 1.29 is 89.6 Å². The Morgan fingerprint density at radius 1 is 0.333 bits per heavy atom. The van der Waals surface area contributed by atoms with Gasteiger partial charge in [0.1, 0.15) is 0 Å². The Morgan fingerprint density at radius 2 is 0.667 bits per heavy atom. The van der Waals surface area contributed by atoms with Gasteiger partial charge in [-0.1, -0.05) is 176 Å². The van der Waals surface area contributed by atoms with Crippen LogP contribution >= 0.6 is 0 Å². The minimum atomic E-state index is -3.94. The quantitative estimate of drug-likeness (QED) is 0.0206. The fraction of sp³-hybridized carbons (Fsp3) is 0.370. The van der Waals surface area contributed by atoms with E-state index in [4.69, 9.17) is 75.2 Å². The van der Waals surface area contributed by atoms with Crippen molar-refractivity contribution in [2.24, 2.45) is 0 Å². The van der Waals surface area contributed by atoms with Crippen LogP contribution in [0.25, 0.3) is 0 Å². The van der Waals surface area contributed by atoms with Crippen LogP contribution in [0.3, 0.4) is 0 Å². The van der Waals surface area contributed by atoms with E-state index in [-0.39, 0.29) is 66.1 Å². The van der Waals surface area contributed by atoms with Crippen molar-refractivity contribution in [2.45, 2.75) is 171 Å². The molecule has 0 bridgehead atoms. The monoisotopic (exact) mass is 1470 g/mol. The SMILES string of the molecule is CC(=O)OC[C@H]1O[C@H]([Se]c2ccccc2)[C@H](O[Si](C)(C)O[C@H]2[C@@H](O[C@H]3[C@H](OCc4ccccc4)O[C@H](COCc4ccccc4)[C@@H](OCc4ccccc4)[C@@H]3OCc3ccccc3)O[C@H](COCc3ccccc3)[C@@H](OCc3ccccc3)[C@@H]2OCc2ccccc2)[C@@H](OC(C)=O)[C@@H]1OC(C)=O. The standard InChI is InChI=1S/C81H90O19SeSi/c1-56(82)87-55-69-72(93-57(2)83)75(94-58(3)84)78(81(97-69)101-66-44-28-13-29-45-66)100-102(4,5)99-77-74(91-51-64-40-24-11-25-41-64)71(89-49-62-36-20-9-21-37-62)68(54-86-47-60-32-16-7-17-33-60)96-80(77)98-76-73(90-50-63-38-22-10-23-39-63)70(88-48-61-34-18-8-19-35-61)67(53-85-46-59-30-14-6-15-31-59)95-79(76)92-52-65-42-26-12-27-43-65/h6-45,67-81H,46-55H2,1-5H3/t67-,68-,69-,70-,71-,72-,73+,74+,75+,76-,77-,78-,79-,80-,81-/m1/s1. The van der Waals surface area contributed by atoms with Crippen LogP contribution in [0.4, 0.5) is 0 Å². The summed E-state index contributed by atoms with van der Waals surface area (Å²) in [5.41, 5.74) is 6.29. The Hall–Kier alpha value is -7.61. The van der Waals surface area contributed by atoms with Gasteiger partial charge in [-0.25, -0.2) is 0 Å². The van der Waals surface area contributed by atoms with Gasteiger partial charge in [0.25, 0.3) is 0 Å². The summed E-state index contributed by atoms with van der Waals surface area (Å²) in [7, 11) is -3.94. The van der Waals surface area contributed by atoms with Crippen LogP contribution in [0.1, 0.15) is 59.7 Å². The van der Waals surface area contributed by atoms with Crippen LogP contribution in [0.15, 0.2) is 243 Å². The Bertz CT molecular complexity index is 3750. The number of hydrogen-bond acceptors (Lipinski definition) is 19. The molecule has 21 heteroatoms. The molecule has 3 aliphatic heterocycles. The second kappa shape index (κ2) is 38.8. The van der Waals surface area contributed by atoms with Gasteiger partial charge in [0.2, 0.25) is 0 Å². The molecule has 0 aromatic heterocycles. The van der Waals surface area contributed by atoms with Crippen molar-refractivity contribution in [1.29, 1.82) is 0 Å². The third kappa shape index (κ3) is 22.7. The topological polar surface area (TPSA) is 199 Å². The second-order valence-electron chi connectivity index (χ2n) is 25.5.